The van der Waals surface area contributed by atoms with Crippen molar-refractivity contribution in [3.05, 3.63) is 64.5 Å². The normalized spacial score (nSPS) is 25.0. The first kappa shape index (κ1) is 21.8. The lowest BCUT2D eigenvalue weighted by Crippen LogP contribution is -2.48. The van der Waals surface area contributed by atoms with Crippen molar-refractivity contribution in [1.82, 2.24) is 31.3 Å². The summed E-state index contributed by atoms with van der Waals surface area (Å²) >= 11 is 0. The van der Waals surface area contributed by atoms with E-state index in [1.165, 1.54) is 37.8 Å². The van der Waals surface area contributed by atoms with Crippen molar-refractivity contribution < 1.29 is 9.18 Å². The van der Waals surface area contributed by atoms with Gasteiger partial charge in [-0.3, -0.25) is 4.79 Å². The van der Waals surface area contributed by atoms with Gasteiger partial charge in [0.2, 0.25) is 5.91 Å². The number of allylic oxidation sites excluding steroid dienone is 1. The van der Waals surface area contributed by atoms with Gasteiger partial charge in [0.25, 0.3) is 0 Å². The minimum atomic E-state index is -0.485. The number of dihydropyridines is 1. The fraction of sp³-hybridized carbons (Fsp3) is 0.480. The fourth-order valence-corrected chi connectivity index (χ4v) is 5.58. The van der Waals surface area contributed by atoms with Gasteiger partial charge in [-0.2, -0.15) is 0 Å². The predicted octanol–water partition coefficient (Wildman–Crippen LogP) is 2.37. The number of amides is 1. The molecule has 0 spiro atoms. The lowest BCUT2D eigenvalue weighted by molar-refractivity contribution is -0.122. The van der Waals surface area contributed by atoms with Gasteiger partial charge in [0.1, 0.15) is 18.0 Å². The van der Waals surface area contributed by atoms with E-state index in [1.54, 1.807) is 0 Å². The van der Waals surface area contributed by atoms with Crippen LogP contribution >= 0.6 is 0 Å². The van der Waals surface area contributed by atoms with Crippen LogP contribution in [0.2, 0.25) is 0 Å². The Kier molecular flexibility index (Phi) is 5.78. The second-order valence-electron chi connectivity index (χ2n) is 9.60. The molecule has 7 nitrogen and oxygen atoms in total. The minimum Gasteiger partial charge on any atom is -0.375 e. The Balaban J connectivity index is 1.29. The lowest BCUT2D eigenvalue weighted by atomic mass is 10.0. The van der Waals surface area contributed by atoms with Gasteiger partial charge in [-0.15, -0.1) is 0 Å². The molecule has 1 fully saturated rings. The molecule has 5 rings (SSSR count). The predicted molar refractivity (Wildman–Crippen MR) is 126 cm³/mol. The Labute approximate surface area is 194 Å². The third-order valence-electron chi connectivity index (χ3n) is 7.23. The first-order chi connectivity index (χ1) is 15.9. The molecule has 0 aromatic heterocycles. The zero-order valence-corrected chi connectivity index (χ0v) is 19.5. The lowest BCUT2D eigenvalue weighted by Gasteiger charge is -2.29. The highest BCUT2D eigenvalue weighted by Gasteiger charge is 2.41. The van der Waals surface area contributed by atoms with E-state index in [2.05, 4.69) is 40.2 Å². The van der Waals surface area contributed by atoms with Crippen LogP contribution in [-0.2, 0) is 11.3 Å². The van der Waals surface area contributed by atoms with Crippen LogP contribution in [0.1, 0.15) is 43.7 Å². The monoisotopic (exact) mass is 452 g/mol. The van der Waals surface area contributed by atoms with Gasteiger partial charge < -0.3 is 25.9 Å². The molecule has 1 saturated carbocycles. The summed E-state index contributed by atoms with van der Waals surface area (Å²) in [6.07, 6.45) is 9.10. The summed E-state index contributed by atoms with van der Waals surface area (Å²) in [5.41, 5.74) is 8.94. The second-order valence-corrected chi connectivity index (χ2v) is 9.60. The van der Waals surface area contributed by atoms with Crippen molar-refractivity contribution in [2.45, 2.75) is 51.4 Å². The van der Waals surface area contributed by atoms with E-state index in [0.717, 1.165) is 33.7 Å². The average Bonchev–Trinajstić information content (AvgIpc) is 3.53. The van der Waals surface area contributed by atoms with Crippen molar-refractivity contribution in [3.8, 4) is 0 Å². The Bertz CT molecular complexity index is 1040. The van der Waals surface area contributed by atoms with Gasteiger partial charge in [-0.05, 0) is 66.2 Å². The average molecular weight is 453 g/mol. The van der Waals surface area contributed by atoms with Crippen LogP contribution < -0.4 is 21.4 Å². The summed E-state index contributed by atoms with van der Waals surface area (Å²) in [6.45, 7) is 3.00. The smallest absolute Gasteiger partial charge is 0.249 e. The maximum atomic E-state index is 14.3. The molecule has 2 atom stereocenters. The zero-order valence-electron chi connectivity index (χ0n) is 19.5. The number of halogens is 1. The molecule has 0 radical (unpaired) electrons. The largest absolute Gasteiger partial charge is 0.375 e. The fourth-order valence-electron chi connectivity index (χ4n) is 5.58. The van der Waals surface area contributed by atoms with Crippen LogP contribution in [-0.4, -0.2) is 48.7 Å². The third-order valence-corrected chi connectivity index (χ3v) is 7.23. The summed E-state index contributed by atoms with van der Waals surface area (Å²) < 4.78 is 14.3. The molecule has 33 heavy (non-hydrogen) atoms. The maximum absolute atomic E-state index is 14.3. The molecular weight excluding hydrogens is 419 g/mol. The van der Waals surface area contributed by atoms with Gasteiger partial charge in [0.15, 0.2) is 0 Å². The van der Waals surface area contributed by atoms with Crippen molar-refractivity contribution >= 4 is 11.5 Å². The number of likely N-dealkylation sites (N-methyl/N-ethyl adjacent to an activating group) is 1. The molecule has 1 aliphatic carbocycles. The highest BCUT2D eigenvalue weighted by Crippen LogP contribution is 2.37. The maximum Gasteiger partial charge on any atom is 0.249 e. The number of rotatable bonds is 5. The Morgan fingerprint density at radius 2 is 2.00 bits per heavy atom. The molecule has 3 heterocycles. The summed E-state index contributed by atoms with van der Waals surface area (Å²) in [6, 6.07) is 4.47. The molecule has 8 heteroatoms. The number of carbonyl (C=O) groups excluding carboxylic acids is 1. The topological polar surface area (TPSA) is 71.7 Å². The van der Waals surface area contributed by atoms with Crippen LogP contribution in [0.3, 0.4) is 0 Å². The van der Waals surface area contributed by atoms with Crippen molar-refractivity contribution in [3.63, 3.8) is 0 Å². The van der Waals surface area contributed by atoms with Gasteiger partial charge in [0.05, 0.1) is 11.4 Å². The van der Waals surface area contributed by atoms with Crippen LogP contribution in [0.5, 0.6) is 0 Å². The highest BCUT2D eigenvalue weighted by molar-refractivity contribution is 5.86. The Morgan fingerprint density at radius 1 is 1.21 bits per heavy atom. The number of nitrogens with one attached hydrogen (secondary N) is 4. The number of benzene rings is 1. The van der Waals surface area contributed by atoms with E-state index in [0.29, 0.717) is 12.5 Å². The van der Waals surface area contributed by atoms with E-state index < -0.39 is 6.04 Å². The van der Waals surface area contributed by atoms with Gasteiger partial charge in [0, 0.05) is 39.6 Å². The van der Waals surface area contributed by atoms with E-state index in [4.69, 9.17) is 0 Å². The number of carbonyl (C=O) groups is 1. The highest BCUT2D eigenvalue weighted by atomic mass is 19.1. The Morgan fingerprint density at radius 3 is 2.73 bits per heavy atom. The molecule has 4 aliphatic rings. The third kappa shape index (κ3) is 4.19. The van der Waals surface area contributed by atoms with Gasteiger partial charge in [-0.1, -0.05) is 12.8 Å². The van der Waals surface area contributed by atoms with Crippen LogP contribution in [0.15, 0.2) is 47.6 Å². The molecular formula is C25H33FN6O. The number of hydrazine groups is 1. The molecule has 176 valence electrons. The molecule has 4 N–H and O–H groups in total. The van der Waals surface area contributed by atoms with Crippen LogP contribution in [0.25, 0.3) is 5.57 Å². The minimum absolute atomic E-state index is 0.119. The Hall–Kier alpha value is -3.00. The molecule has 0 saturated heterocycles. The molecule has 3 aliphatic heterocycles. The van der Waals surface area contributed by atoms with Crippen molar-refractivity contribution in [2.75, 3.05) is 20.6 Å². The number of hydrogen-bond donors (Lipinski definition) is 4. The van der Waals surface area contributed by atoms with E-state index in [-0.39, 0.29) is 24.4 Å². The van der Waals surface area contributed by atoms with Crippen molar-refractivity contribution in [2.24, 2.45) is 5.92 Å². The second kappa shape index (κ2) is 8.74. The van der Waals surface area contributed by atoms with Crippen LogP contribution in [0, 0.1) is 11.7 Å². The van der Waals surface area contributed by atoms with Gasteiger partial charge in [-0.25, -0.2) is 9.82 Å². The molecule has 2 unspecified atom stereocenters. The van der Waals surface area contributed by atoms with Crippen molar-refractivity contribution in [1.29, 1.82) is 0 Å². The molecule has 0 bridgehead atoms. The molecule has 1 aromatic carbocycles. The zero-order chi connectivity index (χ0) is 23.1. The summed E-state index contributed by atoms with van der Waals surface area (Å²) in [5.74, 6) is 0.179. The number of hydrogen-bond acceptors (Lipinski definition) is 6. The number of nitrogens with zero attached hydrogens (tertiary/aromatic N) is 2. The first-order valence-corrected chi connectivity index (χ1v) is 11.8. The quantitative estimate of drug-likeness (QED) is 0.550. The standard InChI is InChI=1S/C25H33FN6O/c1-15-11-27-22(21-23(15)32(3)24(30-21)17-6-4-5-7-17)25(33)28-12-16-8-18(10-20(26)9-16)19-13-29-31(2)14-19/h8-11,14,17,22,24,27,29-30H,4-7,12-13H2,1-3H3,(H,28,33). The molecule has 1 amide bonds. The van der Waals surface area contributed by atoms with Gasteiger partial charge >= 0.3 is 0 Å². The van der Waals surface area contributed by atoms with E-state index in [9.17, 15) is 9.18 Å². The SMILES string of the molecule is CC1=CNC(C(=O)NCc2cc(F)cc(C3=CN(C)NC3)c2)C2=C1N(C)C(C1CCCC1)N2. The molecule has 1 aromatic rings. The summed E-state index contributed by atoms with van der Waals surface area (Å²) in [5, 5.41) is 11.8. The first-order valence-electron chi connectivity index (χ1n) is 11.8. The van der Waals surface area contributed by atoms with Crippen LogP contribution in [0.4, 0.5) is 4.39 Å². The van der Waals surface area contributed by atoms with E-state index >= 15 is 0 Å². The summed E-state index contributed by atoms with van der Waals surface area (Å²) in [4.78, 5) is 15.5. The summed E-state index contributed by atoms with van der Waals surface area (Å²) in [7, 11) is 4.03. The van der Waals surface area contributed by atoms with E-state index in [1.807, 2.05) is 30.5 Å².